The Morgan fingerprint density at radius 3 is 2.42 bits per heavy atom. The molecule has 1 rings (SSSR count). The molecule has 1 aromatic rings. The standard InChI is InChI=1S/C15H23BrN2O/c1-10(2)14(17)15(19)18(11(3)4)9-12-6-5-7-13(16)8-12/h5-8,10-11,14H,9,17H2,1-4H3. The third kappa shape index (κ3) is 4.62. The predicted octanol–water partition coefficient (Wildman–Crippen LogP) is 3.17. The molecule has 4 heteroatoms. The van der Waals surface area contributed by atoms with Gasteiger partial charge in [-0.2, -0.15) is 0 Å². The molecule has 1 unspecified atom stereocenters. The molecule has 1 atom stereocenters. The monoisotopic (exact) mass is 326 g/mol. The van der Waals surface area contributed by atoms with Gasteiger partial charge < -0.3 is 10.6 Å². The van der Waals surface area contributed by atoms with Gasteiger partial charge in [-0.05, 0) is 37.5 Å². The van der Waals surface area contributed by atoms with Gasteiger partial charge in [0.1, 0.15) is 0 Å². The molecule has 3 nitrogen and oxygen atoms in total. The highest BCUT2D eigenvalue weighted by Crippen LogP contribution is 2.16. The van der Waals surface area contributed by atoms with Crippen molar-refractivity contribution in [2.24, 2.45) is 11.7 Å². The lowest BCUT2D eigenvalue weighted by atomic mass is 10.0. The molecular formula is C15H23BrN2O. The number of amides is 1. The van der Waals surface area contributed by atoms with E-state index in [-0.39, 0.29) is 17.9 Å². The molecule has 0 aliphatic heterocycles. The van der Waals surface area contributed by atoms with Crippen LogP contribution < -0.4 is 5.73 Å². The molecule has 0 aromatic heterocycles. The Labute approximate surface area is 124 Å². The van der Waals surface area contributed by atoms with E-state index in [0.717, 1.165) is 10.0 Å². The second kappa shape index (κ2) is 7.06. The van der Waals surface area contributed by atoms with Gasteiger partial charge in [0.25, 0.3) is 0 Å². The first-order valence-electron chi connectivity index (χ1n) is 6.63. The molecule has 0 aliphatic carbocycles. The zero-order valence-corrected chi connectivity index (χ0v) is 13.6. The van der Waals surface area contributed by atoms with Gasteiger partial charge in [0, 0.05) is 17.1 Å². The molecular weight excluding hydrogens is 304 g/mol. The smallest absolute Gasteiger partial charge is 0.240 e. The largest absolute Gasteiger partial charge is 0.335 e. The zero-order chi connectivity index (χ0) is 14.6. The topological polar surface area (TPSA) is 46.3 Å². The lowest BCUT2D eigenvalue weighted by Crippen LogP contribution is -2.48. The number of rotatable bonds is 5. The molecule has 0 aliphatic rings. The maximum absolute atomic E-state index is 12.4. The van der Waals surface area contributed by atoms with Crippen LogP contribution in [-0.2, 0) is 11.3 Å². The summed E-state index contributed by atoms with van der Waals surface area (Å²) in [5.74, 6) is 0.168. The first kappa shape index (κ1) is 16.2. The summed E-state index contributed by atoms with van der Waals surface area (Å²) in [6, 6.07) is 7.71. The van der Waals surface area contributed by atoms with Gasteiger partial charge in [0.15, 0.2) is 0 Å². The SMILES string of the molecule is CC(C)C(N)C(=O)N(Cc1cccc(Br)c1)C(C)C. The van der Waals surface area contributed by atoms with E-state index in [2.05, 4.69) is 15.9 Å². The van der Waals surface area contributed by atoms with Gasteiger partial charge in [0.05, 0.1) is 6.04 Å². The third-order valence-electron chi connectivity index (χ3n) is 3.15. The van der Waals surface area contributed by atoms with Crippen LogP contribution in [0.5, 0.6) is 0 Å². The van der Waals surface area contributed by atoms with Gasteiger partial charge in [-0.15, -0.1) is 0 Å². The number of carbonyl (C=O) groups excluding carboxylic acids is 1. The Morgan fingerprint density at radius 2 is 1.95 bits per heavy atom. The van der Waals surface area contributed by atoms with Crippen LogP contribution >= 0.6 is 15.9 Å². The van der Waals surface area contributed by atoms with Crippen LogP contribution in [0.2, 0.25) is 0 Å². The van der Waals surface area contributed by atoms with Crippen molar-refractivity contribution in [3.63, 3.8) is 0 Å². The molecule has 0 radical (unpaired) electrons. The predicted molar refractivity (Wildman–Crippen MR) is 82.6 cm³/mol. The average Bonchev–Trinajstić information content (AvgIpc) is 2.33. The van der Waals surface area contributed by atoms with Gasteiger partial charge in [-0.25, -0.2) is 0 Å². The van der Waals surface area contributed by atoms with Gasteiger partial charge in [-0.1, -0.05) is 41.9 Å². The van der Waals surface area contributed by atoms with Gasteiger partial charge >= 0.3 is 0 Å². The molecule has 0 bridgehead atoms. The molecule has 0 heterocycles. The van der Waals surface area contributed by atoms with Crippen LogP contribution in [0.1, 0.15) is 33.3 Å². The number of nitrogens with zero attached hydrogens (tertiary/aromatic N) is 1. The van der Waals surface area contributed by atoms with Crippen LogP contribution in [-0.4, -0.2) is 22.9 Å². The Balaban J connectivity index is 2.87. The summed E-state index contributed by atoms with van der Waals surface area (Å²) in [6.07, 6.45) is 0. The molecule has 0 saturated heterocycles. The minimum atomic E-state index is -0.436. The first-order valence-corrected chi connectivity index (χ1v) is 7.42. The summed E-state index contributed by atoms with van der Waals surface area (Å²) in [7, 11) is 0. The van der Waals surface area contributed by atoms with Crippen molar-refractivity contribution in [1.82, 2.24) is 4.90 Å². The molecule has 106 valence electrons. The maximum atomic E-state index is 12.4. The molecule has 1 aromatic carbocycles. The Kier molecular flexibility index (Phi) is 6.01. The second-order valence-electron chi connectivity index (χ2n) is 5.46. The van der Waals surface area contributed by atoms with Crippen molar-refractivity contribution in [3.8, 4) is 0 Å². The molecule has 19 heavy (non-hydrogen) atoms. The normalized spacial score (nSPS) is 12.8. The minimum absolute atomic E-state index is 0.0185. The lowest BCUT2D eigenvalue weighted by molar-refractivity contribution is -0.136. The summed E-state index contributed by atoms with van der Waals surface area (Å²) < 4.78 is 1.02. The summed E-state index contributed by atoms with van der Waals surface area (Å²) in [5, 5.41) is 0. The summed E-state index contributed by atoms with van der Waals surface area (Å²) in [5.41, 5.74) is 7.09. The van der Waals surface area contributed by atoms with Crippen LogP contribution in [0.3, 0.4) is 0 Å². The van der Waals surface area contributed by atoms with Crippen molar-refractivity contribution in [1.29, 1.82) is 0 Å². The number of carbonyl (C=O) groups is 1. The van der Waals surface area contributed by atoms with Gasteiger partial charge in [0.2, 0.25) is 5.91 Å². The van der Waals surface area contributed by atoms with Crippen LogP contribution in [0, 0.1) is 5.92 Å². The quantitative estimate of drug-likeness (QED) is 0.903. The number of hydrogen-bond acceptors (Lipinski definition) is 2. The third-order valence-corrected chi connectivity index (χ3v) is 3.65. The lowest BCUT2D eigenvalue weighted by Gasteiger charge is -2.30. The van der Waals surface area contributed by atoms with Gasteiger partial charge in [-0.3, -0.25) is 4.79 Å². The van der Waals surface area contributed by atoms with E-state index >= 15 is 0 Å². The van der Waals surface area contributed by atoms with E-state index in [1.807, 2.05) is 56.9 Å². The number of benzene rings is 1. The highest BCUT2D eigenvalue weighted by Gasteiger charge is 2.25. The van der Waals surface area contributed by atoms with E-state index < -0.39 is 6.04 Å². The number of nitrogens with two attached hydrogens (primary N) is 1. The summed E-state index contributed by atoms with van der Waals surface area (Å²) in [4.78, 5) is 14.2. The fraction of sp³-hybridized carbons (Fsp3) is 0.533. The Hall–Kier alpha value is -0.870. The van der Waals surface area contributed by atoms with Crippen LogP contribution in [0.4, 0.5) is 0 Å². The molecule has 2 N–H and O–H groups in total. The molecule has 0 saturated carbocycles. The van der Waals surface area contributed by atoms with E-state index in [4.69, 9.17) is 5.73 Å². The van der Waals surface area contributed by atoms with E-state index in [9.17, 15) is 4.79 Å². The van der Waals surface area contributed by atoms with Crippen molar-refractivity contribution in [2.75, 3.05) is 0 Å². The highest BCUT2D eigenvalue weighted by molar-refractivity contribution is 9.10. The second-order valence-corrected chi connectivity index (χ2v) is 6.38. The minimum Gasteiger partial charge on any atom is -0.335 e. The first-order chi connectivity index (χ1) is 8.82. The van der Waals surface area contributed by atoms with Crippen molar-refractivity contribution >= 4 is 21.8 Å². The van der Waals surface area contributed by atoms with Crippen LogP contribution in [0.25, 0.3) is 0 Å². The molecule has 0 fully saturated rings. The van der Waals surface area contributed by atoms with E-state index in [0.29, 0.717) is 6.54 Å². The Morgan fingerprint density at radius 1 is 1.32 bits per heavy atom. The summed E-state index contributed by atoms with van der Waals surface area (Å²) >= 11 is 3.45. The fourth-order valence-electron chi connectivity index (χ4n) is 1.82. The van der Waals surface area contributed by atoms with Crippen molar-refractivity contribution in [3.05, 3.63) is 34.3 Å². The highest BCUT2D eigenvalue weighted by atomic mass is 79.9. The average molecular weight is 327 g/mol. The Bertz CT molecular complexity index is 432. The maximum Gasteiger partial charge on any atom is 0.240 e. The number of halogens is 1. The zero-order valence-electron chi connectivity index (χ0n) is 12.1. The van der Waals surface area contributed by atoms with E-state index in [1.165, 1.54) is 0 Å². The fourth-order valence-corrected chi connectivity index (χ4v) is 2.27. The molecule has 0 spiro atoms. The summed E-state index contributed by atoms with van der Waals surface area (Å²) in [6.45, 7) is 8.57. The van der Waals surface area contributed by atoms with Crippen LogP contribution in [0.15, 0.2) is 28.7 Å². The van der Waals surface area contributed by atoms with Crippen molar-refractivity contribution < 1.29 is 4.79 Å². The van der Waals surface area contributed by atoms with E-state index in [1.54, 1.807) is 0 Å². The number of hydrogen-bond donors (Lipinski definition) is 1. The van der Waals surface area contributed by atoms with Crippen molar-refractivity contribution in [2.45, 2.75) is 46.3 Å². The molecule has 1 amide bonds.